The van der Waals surface area contributed by atoms with Crippen molar-refractivity contribution in [2.75, 3.05) is 0 Å². The average Bonchev–Trinajstić information content (AvgIpc) is 3.01. The standard InChI is InChI=1S/C16H11N5O3S/c22-14(23)5-11-9-6-17-8-18-15(9)16(24)21(20-11)7-13-19-10-3-1-2-4-12(10)25-13/h1-4,6,8H,5,7H2,(H,22,23). The van der Waals surface area contributed by atoms with Gasteiger partial charge in [0.1, 0.15) is 16.9 Å². The number of carboxylic acids is 1. The number of nitrogens with zero attached hydrogens (tertiary/aromatic N) is 5. The topological polar surface area (TPSA) is 111 Å². The summed E-state index contributed by atoms with van der Waals surface area (Å²) in [6, 6.07) is 7.67. The van der Waals surface area contributed by atoms with E-state index in [4.69, 9.17) is 5.11 Å². The molecule has 0 aliphatic rings. The molecular weight excluding hydrogens is 342 g/mol. The molecule has 25 heavy (non-hydrogen) atoms. The van der Waals surface area contributed by atoms with Gasteiger partial charge in [0.15, 0.2) is 0 Å². The average molecular weight is 353 g/mol. The summed E-state index contributed by atoms with van der Waals surface area (Å²) in [7, 11) is 0. The maximum Gasteiger partial charge on any atom is 0.309 e. The van der Waals surface area contributed by atoms with Crippen molar-refractivity contribution in [3.63, 3.8) is 0 Å². The number of thiazole rings is 1. The minimum Gasteiger partial charge on any atom is -0.481 e. The highest BCUT2D eigenvalue weighted by atomic mass is 32.1. The van der Waals surface area contributed by atoms with Gasteiger partial charge in [0.2, 0.25) is 0 Å². The van der Waals surface area contributed by atoms with E-state index in [2.05, 4.69) is 20.1 Å². The molecular formula is C16H11N5O3S. The Bertz CT molecular complexity index is 1130. The van der Waals surface area contributed by atoms with Gasteiger partial charge in [-0.2, -0.15) is 5.10 Å². The summed E-state index contributed by atoms with van der Waals surface area (Å²) in [6.07, 6.45) is 2.36. The van der Waals surface area contributed by atoms with Crippen molar-refractivity contribution in [3.8, 4) is 0 Å². The Hall–Kier alpha value is -3.20. The first-order chi connectivity index (χ1) is 12.1. The van der Waals surface area contributed by atoms with Crippen LogP contribution in [-0.2, 0) is 17.8 Å². The fourth-order valence-electron chi connectivity index (χ4n) is 2.58. The Morgan fingerprint density at radius 2 is 2.12 bits per heavy atom. The fourth-order valence-corrected chi connectivity index (χ4v) is 3.52. The highest BCUT2D eigenvalue weighted by molar-refractivity contribution is 7.18. The summed E-state index contributed by atoms with van der Waals surface area (Å²) in [5.74, 6) is -1.04. The molecule has 1 N–H and O–H groups in total. The third-order valence-corrected chi connectivity index (χ3v) is 4.66. The molecule has 0 atom stereocenters. The summed E-state index contributed by atoms with van der Waals surface area (Å²) in [6.45, 7) is 0.157. The lowest BCUT2D eigenvalue weighted by molar-refractivity contribution is -0.136. The van der Waals surface area contributed by atoms with Gasteiger partial charge < -0.3 is 5.11 Å². The van der Waals surface area contributed by atoms with Gasteiger partial charge in [0, 0.05) is 11.6 Å². The number of benzene rings is 1. The second kappa shape index (κ2) is 6.02. The highest BCUT2D eigenvalue weighted by Crippen LogP contribution is 2.22. The molecule has 0 aliphatic carbocycles. The number of carbonyl (C=O) groups is 1. The number of rotatable bonds is 4. The molecule has 0 saturated heterocycles. The van der Waals surface area contributed by atoms with Crippen molar-refractivity contribution in [3.05, 3.63) is 57.8 Å². The third-order valence-electron chi connectivity index (χ3n) is 3.64. The quantitative estimate of drug-likeness (QED) is 0.591. The number of fused-ring (bicyclic) bond motifs is 2. The molecule has 0 spiro atoms. The minimum absolute atomic E-state index is 0.155. The van der Waals surface area contributed by atoms with Gasteiger partial charge in [0.05, 0.1) is 28.9 Å². The van der Waals surface area contributed by atoms with E-state index in [1.54, 1.807) is 0 Å². The van der Waals surface area contributed by atoms with Crippen molar-refractivity contribution in [2.45, 2.75) is 13.0 Å². The van der Waals surface area contributed by atoms with Crippen molar-refractivity contribution < 1.29 is 9.90 Å². The van der Waals surface area contributed by atoms with E-state index in [1.807, 2.05) is 24.3 Å². The van der Waals surface area contributed by atoms with Crippen LogP contribution in [0.1, 0.15) is 10.7 Å². The third kappa shape index (κ3) is 2.85. The predicted octanol–water partition coefficient (Wildman–Crippen LogP) is 1.47. The minimum atomic E-state index is -1.04. The van der Waals surface area contributed by atoms with Crippen LogP contribution in [0, 0.1) is 0 Å². The second-order valence-electron chi connectivity index (χ2n) is 5.34. The molecule has 1 aromatic carbocycles. The Balaban J connectivity index is 1.84. The summed E-state index contributed by atoms with van der Waals surface area (Å²) in [5.41, 5.74) is 0.862. The zero-order chi connectivity index (χ0) is 17.4. The van der Waals surface area contributed by atoms with Crippen molar-refractivity contribution in [1.29, 1.82) is 0 Å². The molecule has 0 fully saturated rings. The Labute approximate surface area is 144 Å². The van der Waals surface area contributed by atoms with Crippen molar-refractivity contribution in [1.82, 2.24) is 24.7 Å². The Kier molecular flexibility index (Phi) is 3.69. The molecule has 0 aliphatic heterocycles. The largest absolute Gasteiger partial charge is 0.481 e. The maximum atomic E-state index is 12.6. The molecule has 0 radical (unpaired) electrons. The van der Waals surface area contributed by atoms with E-state index in [0.717, 1.165) is 10.2 Å². The number of aliphatic carboxylic acids is 1. The van der Waals surface area contributed by atoms with E-state index in [-0.39, 0.29) is 24.2 Å². The van der Waals surface area contributed by atoms with E-state index >= 15 is 0 Å². The fraction of sp³-hybridized carbons (Fsp3) is 0.125. The first kappa shape index (κ1) is 15.3. The van der Waals surface area contributed by atoms with Gasteiger partial charge in [-0.25, -0.2) is 19.6 Å². The van der Waals surface area contributed by atoms with Crippen LogP contribution >= 0.6 is 11.3 Å². The van der Waals surface area contributed by atoms with Crippen molar-refractivity contribution in [2.24, 2.45) is 0 Å². The van der Waals surface area contributed by atoms with E-state index < -0.39 is 11.5 Å². The predicted molar refractivity (Wildman–Crippen MR) is 91.7 cm³/mol. The first-order valence-corrected chi connectivity index (χ1v) is 8.19. The number of hydrogen-bond donors (Lipinski definition) is 1. The van der Waals surface area contributed by atoms with Crippen LogP contribution in [0.3, 0.4) is 0 Å². The smallest absolute Gasteiger partial charge is 0.309 e. The molecule has 3 heterocycles. The van der Waals surface area contributed by atoms with Crippen molar-refractivity contribution >= 4 is 38.4 Å². The lowest BCUT2D eigenvalue weighted by atomic mass is 10.2. The van der Waals surface area contributed by atoms with E-state index in [1.165, 1.54) is 28.5 Å². The summed E-state index contributed by atoms with van der Waals surface area (Å²) < 4.78 is 2.23. The van der Waals surface area contributed by atoms with Gasteiger partial charge >= 0.3 is 5.97 Å². The van der Waals surface area contributed by atoms with Crippen LogP contribution in [0.4, 0.5) is 0 Å². The van der Waals surface area contributed by atoms with E-state index in [0.29, 0.717) is 10.4 Å². The molecule has 0 saturated carbocycles. The van der Waals surface area contributed by atoms with Gasteiger partial charge in [-0.15, -0.1) is 11.3 Å². The summed E-state index contributed by atoms with van der Waals surface area (Å²) >= 11 is 1.47. The summed E-state index contributed by atoms with van der Waals surface area (Å²) in [4.78, 5) is 36.1. The zero-order valence-electron chi connectivity index (χ0n) is 12.8. The zero-order valence-corrected chi connectivity index (χ0v) is 13.6. The number of carboxylic acid groups (broad SMARTS) is 1. The summed E-state index contributed by atoms with van der Waals surface area (Å²) in [5, 5.41) is 14.4. The lowest BCUT2D eigenvalue weighted by Crippen LogP contribution is -2.26. The normalized spacial score (nSPS) is 11.2. The molecule has 9 heteroatoms. The van der Waals surface area contributed by atoms with Crippen LogP contribution in [0.15, 0.2) is 41.6 Å². The molecule has 4 aromatic rings. The molecule has 124 valence electrons. The van der Waals surface area contributed by atoms with Crippen LogP contribution in [0.2, 0.25) is 0 Å². The van der Waals surface area contributed by atoms with Gasteiger partial charge in [0.25, 0.3) is 5.56 Å². The number of para-hydroxylation sites is 1. The Morgan fingerprint density at radius 3 is 2.92 bits per heavy atom. The van der Waals surface area contributed by atoms with Crippen LogP contribution in [0.5, 0.6) is 0 Å². The monoisotopic (exact) mass is 353 g/mol. The SMILES string of the molecule is O=C(O)Cc1nn(Cc2nc3ccccc3s2)c(=O)c2ncncc12. The first-order valence-electron chi connectivity index (χ1n) is 7.38. The Morgan fingerprint density at radius 1 is 1.28 bits per heavy atom. The van der Waals surface area contributed by atoms with Crippen LogP contribution in [-0.4, -0.2) is 35.8 Å². The molecule has 8 nitrogen and oxygen atoms in total. The number of aromatic nitrogens is 5. The molecule has 0 unspecified atom stereocenters. The maximum absolute atomic E-state index is 12.6. The number of hydrogen-bond acceptors (Lipinski definition) is 7. The van der Waals surface area contributed by atoms with Crippen LogP contribution < -0.4 is 5.56 Å². The lowest BCUT2D eigenvalue weighted by Gasteiger charge is -2.07. The van der Waals surface area contributed by atoms with Gasteiger partial charge in [-0.3, -0.25) is 9.59 Å². The molecule has 0 amide bonds. The van der Waals surface area contributed by atoms with Gasteiger partial charge in [-0.1, -0.05) is 12.1 Å². The second-order valence-corrected chi connectivity index (χ2v) is 6.46. The highest BCUT2D eigenvalue weighted by Gasteiger charge is 2.15. The van der Waals surface area contributed by atoms with E-state index in [9.17, 15) is 9.59 Å². The van der Waals surface area contributed by atoms with Gasteiger partial charge in [-0.05, 0) is 12.1 Å². The van der Waals surface area contributed by atoms with Crippen LogP contribution in [0.25, 0.3) is 21.1 Å². The molecule has 4 rings (SSSR count). The molecule has 0 bridgehead atoms. The molecule has 3 aromatic heterocycles.